The average molecular weight is 876 g/mol. The predicted molar refractivity (Wildman–Crippen MR) is 269 cm³/mol. The van der Waals surface area contributed by atoms with Gasteiger partial charge in [-0.1, -0.05) is 276 Å². The Balaban J connectivity index is 3.41. The fourth-order valence-corrected chi connectivity index (χ4v) is 8.75. The second-order valence-corrected chi connectivity index (χ2v) is 19.3. The van der Waals surface area contributed by atoms with Crippen LogP contribution in [-0.4, -0.2) is 47.4 Å². The van der Waals surface area contributed by atoms with Crippen molar-refractivity contribution in [3.63, 3.8) is 0 Å². The van der Waals surface area contributed by atoms with Gasteiger partial charge in [0, 0.05) is 12.8 Å². The highest BCUT2D eigenvalue weighted by Gasteiger charge is 2.18. The summed E-state index contributed by atoms with van der Waals surface area (Å²) in [5, 5.41) is 23.1. The van der Waals surface area contributed by atoms with Gasteiger partial charge in [0.25, 0.3) is 0 Å². The van der Waals surface area contributed by atoms with E-state index in [1.807, 2.05) is 6.08 Å². The van der Waals surface area contributed by atoms with Crippen molar-refractivity contribution in [3.05, 3.63) is 12.2 Å². The summed E-state index contributed by atoms with van der Waals surface area (Å²) in [6, 6.07) is -0.627. The zero-order valence-corrected chi connectivity index (χ0v) is 41.9. The quantitative estimate of drug-likeness (QED) is 0.0321. The van der Waals surface area contributed by atoms with Crippen LogP contribution in [0.15, 0.2) is 12.2 Å². The van der Waals surface area contributed by atoms with Crippen LogP contribution in [0.25, 0.3) is 0 Å². The van der Waals surface area contributed by atoms with E-state index in [1.165, 1.54) is 244 Å². The lowest BCUT2D eigenvalue weighted by atomic mass is 10.0. The normalized spacial score (nSPS) is 12.6. The number of ether oxygens (including phenoxy) is 1. The standard InChI is InChI=1S/C56H109NO5/c1-3-5-7-9-11-13-15-16-25-29-32-36-40-44-48-54(59)53(52-58)57-55(60)49-45-41-37-33-30-26-23-21-19-17-18-20-22-24-27-31-35-39-43-47-51-62-56(61)50-46-42-38-34-28-14-12-10-8-6-4-2/h44,48,53-54,58-59H,3-43,45-47,49-52H2,1-2H3,(H,57,60)/b48-44+. The van der Waals surface area contributed by atoms with Crippen LogP contribution >= 0.6 is 0 Å². The molecular formula is C56H109NO5. The highest BCUT2D eigenvalue weighted by molar-refractivity contribution is 5.76. The number of allylic oxidation sites excluding steroid dienone is 1. The van der Waals surface area contributed by atoms with Crippen molar-refractivity contribution in [2.45, 2.75) is 321 Å². The van der Waals surface area contributed by atoms with Gasteiger partial charge in [0.2, 0.25) is 5.91 Å². The first-order chi connectivity index (χ1) is 30.5. The fraction of sp³-hybridized carbons (Fsp3) is 0.929. The van der Waals surface area contributed by atoms with E-state index in [4.69, 9.17) is 4.74 Å². The monoisotopic (exact) mass is 876 g/mol. The maximum absolute atomic E-state index is 12.4. The van der Waals surface area contributed by atoms with Gasteiger partial charge in [-0.05, 0) is 32.1 Å². The van der Waals surface area contributed by atoms with Crippen LogP contribution < -0.4 is 5.32 Å². The zero-order valence-electron chi connectivity index (χ0n) is 41.9. The largest absolute Gasteiger partial charge is 0.466 e. The van der Waals surface area contributed by atoms with Gasteiger partial charge in [-0.2, -0.15) is 0 Å². The number of aliphatic hydroxyl groups excluding tert-OH is 2. The highest BCUT2D eigenvalue weighted by Crippen LogP contribution is 2.17. The molecule has 0 radical (unpaired) electrons. The van der Waals surface area contributed by atoms with Crippen molar-refractivity contribution in [1.82, 2.24) is 5.32 Å². The van der Waals surface area contributed by atoms with Crippen molar-refractivity contribution in [3.8, 4) is 0 Å². The average Bonchev–Trinajstić information content (AvgIpc) is 3.27. The van der Waals surface area contributed by atoms with Crippen molar-refractivity contribution < 1.29 is 24.5 Å². The number of carbonyl (C=O) groups excluding carboxylic acids is 2. The molecule has 0 aromatic heterocycles. The number of unbranched alkanes of at least 4 members (excludes halogenated alkanes) is 41. The molecule has 0 aromatic carbocycles. The molecule has 368 valence electrons. The smallest absolute Gasteiger partial charge is 0.305 e. The van der Waals surface area contributed by atoms with Gasteiger partial charge in [-0.3, -0.25) is 9.59 Å². The number of nitrogens with one attached hydrogen (secondary N) is 1. The topological polar surface area (TPSA) is 95.9 Å². The van der Waals surface area contributed by atoms with E-state index in [9.17, 15) is 19.8 Å². The molecule has 6 nitrogen and oxygen atoms in total. The van der Waals surface area contributed by atoms with E-state index in [1.54, 1.807) is 6.08 Å². The number of hydrogen-bond acceptors (Lipinski definition) is 5. The summed E-state index contributed by atoms with van der Waals surface area (Å²) in [5.41, 5.74) is 0. The number of rotatable bonds is 52. The van der Waals surface area contributed by atoms with Gasteiger partial charge in [-0.15, -0.1) is 0 Å². The van der Waals surface area contributed by atoms with Gasteiger partial charge >= 0.3 is 5.97 Å². The second kappa shape index (κ2) is 52.2. The molecule has 62 heavy (non-hydrogen) atoms. The predicted octanol–water partition coefficient (Wildman–Crippen LogP) is 16.9. The van der Waals surface area contributed by atoms with Gasteiger partial charge in [-0.25, -0.2) is 0 Å². The van der Waals surface area contributed by atoms with E-state index >= 15 is 0 Å². The molecule has 0 rings (SSSR count). The number of aliphatic hydroxyl groups is 2. The first-order valence-electron chi connectivity index (χ1n) is 28.0. The molecule has 3 N–H and O–H groups in total. The maximum atomic E-state index is 12.4. The van der Waals surface area contributed by atoms with E-state index in [0.29, 0.717) is 19.4 Å². The Labute approximate surface area is 387 Å². The van der Waals surface area contributed by atoms with Crippen LogP contribution in [0.2, 0.25) is 0 Å². The van der Waals surface area contributed by atoms with Gasteiger partial charge < -0.3 is 20.3 Å². The summed E-state index contributed by atoms with van der Waals surface area (Å²) in [6.45, 7) is 4.91. The van der Waals surface area contributed by atoms with Crippen molar-refractivity contribution in [2.75, 3.05) is 13.2 Å². The summed E-state index contributed by atoms with van der Waals surface area (Å²) < 4.78 is 5.46. The SMILES string of the molecule is CCCCCCCCCCCCCC/C=C/C(O)C(CO)NC(=O)CCCCCCCCCCCCCCCCCCCCCCOC(=O)CCCCCCCCCCCCC. The van der Waals surface area contributed by atoms with Gasteiger partial charge in [0.1, 0.15) is 0 Å². The molecule has 0 saturated heterocycles. The Kier molecular flexibility index (Phi) is 51.0. The minimum Gasteiger partial charge on any atom is -0.466 e. The highest BCUT2D eigenvalue weighted by atomic mass is 16.5. The lowest BCUT2D eigenvalue weighted by molar-refractivity contribution is -0.143. The molecule has 0 aliphatic heterocycles. The minimum absolute atomic E-state index is 0.00983. The van der Waals surface area contributed by atoms with Crippen molar-refractivity contribution in [2.24, 2.45) is 0 Å². The van der Waals surface area contributed by atoms with Crippen LogP contribution in [0.4, 0.5) is 0 Å². The third-order valence-electron chi connectivity index (χ3n) is 13.1. The van der Waals surface area contributed by atoms with Crippen LogP contribution in [0.5, 0.6) is 0 Å². The molecule has 6 heteroatoms. The van der Waals surface area contributed by atoms with Crippen molar-refractivity contribution >= 4 is 11.9 Å². The molecule has 0 fully saturated rings. The maximum Gasteiger partial charge on any atom is 0.305 e. The van der Waals surface area contributed by atoms with Crippen LogP contribution in [-0.2, 0) is 14.3 Å². The first kappa shape index (κ1) is 60.6. The van der Waals surface area contributed by atoms with E-state index in [2.05, 4.69) is 19.2 Å². The molecular weight excluding hydrogens is 767 g/mol. The molecule has 0 aliphatic rings. The van der Waals surface area contributed by atoms with E-state index < -0.39 is 12.1 Å². The summed E-state index contributed by atoms with van der Waals surface area (Å²) in [4.78, 5) is 24.4. The molecule has 0 bridgehead atoms. The Morgan fingerprint density at radius 1 is 0.435 bits per heavy atom. The van der Waals surface area contributed by atoms with Gasteiger partial charge in [0.15, 0.2) is 0 Å². The lowest BCUT2D eigenvalue weighted by Crippen LogP contribution is -2.45. The van der Waals surface area contributed by atoms with Crippen LogP contribution in [0.3, 0.4) is 0 Å². The molecule has 0 heterocycles. The molecule has 0 spiro atoms. The van der Waals surface area contributed by atoms with Crippen LogP contribution in [0.1, 0.15) is 309 Å². The van der Waals surface area contributed by atoms with Crippen LogP contribution in [0, 0.1) is 0 Å². The second-order valence-electron chi connectivity index (χ2n) is 19.3. The summed E-state index contributed by atoms with van der Waals surface area (Å²) in [7, 11) is 0. The summed E-state index contributed by atoms with van der Waals surface area (Å²) in [6.07, 6.45) is 60.8. The van der Waals surface area contributed by atoms with E-state index in [0.717, 1.165) is 38.5 Å². The Bertz CT molecular complexity index is 924. The number of hydrogen-bond donors (Lipinski definition) is 3. The first-order valence-corrected chi connectivity index (χ1v) is 28.0. The minimum atomic E-state index is -0.844. The zero-order chi connectivity index (χ0) is 45.1. The third-order valence-corrected chi connectivity index (χ3v) is 13.1. The molecule has 0 aromatic rings. The molecule has 2 unspecified atom stereocenters. The Hall–Kier alpha value is -1.40. The number of esters is 1. The molecule has 1 amide bonds. The third kappa shape index (κ3) is 48.1. The summed E-state index contributed by atoms with van der Waals surface area (Å²) >= 11 is 0. The lowest BCUT2D eigenvalue weighted by Gasteiger charge is -2.20. The molecule has 0 saturated carbocycles. The molecule has 0 aliphatic carbocycles. The molecule has 2 atom stereocenters. The van der Waals surface area contributed by atoms with Crippen molar-refractivity contribution in [1.29, 1.82) is 0 Å². The number of carbonyl (C=O) groups is 2. The van der Waals surface area contributed by atoms with E-state index in [-0.39, 0.29) is 18.5 Å². The Morgan fingerprint density at radius 3 is 1.10 bits per heavy atom. The Morgan fingerprint density at radius 2 is 0.742 bits per heavy atom. The fourth-order valence-electron chi connectivity index (χ4n) is 8.75. The number of amides is 1. The van der Waals surface area contributed by atoms with Gasteiger partial charge in [0.05, 0.1) is 25.4 Å². The summed E-state index contributed by atoms with van der Waals surface area (Å²) in [5.74, 6) is -0.0587.